The molecule has 4 atom stereocenters. The van der Waals surface area contributed by atoms with Crippen LogP contribution in [0.2, 0.25) is 0 Å². The van der Waals surface area contributed by atoms with E-state index in [1.54, 1.807) is 0 Å². The van der Waals surface area contributed by atoms with Crippen LogP contribution in [0.1, 0.15) is 54.2 Å². The van der Waals surface area contributed by atoms with Crippen molar-refractivity contribution >= 4 is 5.97 Å². The number of esters is 1. The molecule has 2 saturated carbocycles. The Kier molecular flexibility index (Phi) is 2.69. The Bertz CT molecular complexity index is 692. The molecule has 2 fully saturated rings. The van der Waals surface area contributed by atoms with Crippen molar-refractivity contribution in [3.63, 3.8) is 0 Å². The van der Waals surface area contributed by atoms with E-state index >= 15 is 0 Å². The molecule has 0 aromatic heterocycles. The number of carbonyl (C=O) groups is 1. The first-order valence-corrected chi connectivity index (χ1v) is 8.01. The van der Waals surface area contributed by atoms with Gasteiger partial charge >= 0.3 is 5.97 Å². The summed E-state index contributed by atoms with van der Waals surface area (Å²) in [5, 5.41) is 10.9. The number of rotatable bonds is 1. The number of ether oxygens (including phenoxy) is 1. The molecular weight excluding hydrogens is 276 g/mol. The third kappa shape index (κ3) is 1.48. The molecule has 22 heavy (non-hydrogen) atoms. The van der Waals surface area contributed by atoms with Crippen LogP contribution in [0.5, 0.6) is 0 Å². The lowest BCUT2D eigenvalue weighted by Gasteiger charge is -2.41. The Morgan fingerprint density at radius 3 is 2.95 bits per heavy atom. The first-order valence-electron chi connectivity index (χ1n) is 8.01. The van der Waals surface area contributed by atoms with E-state index in [-0.39, 0.29) is 17.3 Å². The van der Waals surface area contributed by atoms with Gasteiger partial charge in [0.1, 0.15) is 0 Å². The first-order chi connectivity index (χ1) is 10.4. The lowest BCUT2D eigenvalue weighted by molar-refractivity contribution is -0.147. The predicted molar refractivity (Wildman–Crippen MR) is 83.7 cm³/mol. The topological polar surface area (TPSA) is 46.5 Å². The first kappa shape index (κ1) is 14.0. The maximum Gasteiger partial charge on any atom is 0.313 e. The summed E-state index contributed by atoms with van der Waals surface area (Å²) in [6, 6.07) is 6.30. The zero-order valence-corrected chi connectivity index (χ0v) is 13.2. The Balaban J connectivity index is 1.96. The summed E-state index contributed by atoms with van der Waals surface area (Å²) in [7, 11) is 1.46. The highest BCUT2D eigenvalue weighted by molar-refractivity contribution is 5.83. The fourth-order valence-corrected chi connectivity index (χ4v) is 5.51. The minimum Gasteiger partial charge on any atom is -0.469 e. The highest BCUT2D eigenvalue weighted by atomic mass is 16.5. The van der Waals surface area contributed by atoms with Gasteiger partial charge in [0.25, 0.3) is 0 Å². The molecule has 3 aliphatic carbocycles. The molecule has 0 saturated heterocycles. The molecule has 3 aliphatic rings. The number of carbonyl (C=O) groups excluding carboxylic acids is 1. The molecular formula is C19H22O3. The lowest BCUT2D eigenvalue weighted by atomic mass is 9.63. The van der Waals surface area contributed by atoms with Gasteiger partial charge in [0.2, 0.25) is 0 Å². The largest absolute Gasteiger partial charge is 0.469 e. The second kappa shape index (κ2) is 4.23. The van der Waals surface area contributed by atoms with Crippen LogP contribution in [0.3, 0.4) is 0 Å². The van der Waals surface area contributed by atoms with Gasteiger partial charge in [0, 0.05) is 5.41 Å². The van der Waals surface area contributed by atoms with Gasteiger partial charge in [-0.05, 0) is 60.8 Å². The minimum absolute atomic E-state index is 0.169. The van der Waals surface area contributed by atoms with E-state index < -0.39 is 5.60 Å². The predicted octanol–water partition coefficient (Wildman–Crippen LogP) is 3.21. The van der Waals surface area contributed by atoms with E-state index in [4.69, 9.17) is 4.74 Å². The number of hydrogen-bond acceptors (Lipinski definition) is 3. The Hall–Kier alpha value is -1.61. The molecule has 1 N–H and O–H groups in total. The summed E-state index contributed by atoms with van der Waals surface area (Å²) in [5.41, 5.74) is 3.43. The number of methoxy groups -OCH3 is 1. The fraction of sp³-hybridized carbons (Fsp3) is 0.526. The SMILES string of the molecule is C=C1C[C@]23C[C@@]1(O)CC[C@@H]2c1cccc(C)c1[C@@H]3C(=O)OC. The van der Waals surface area contributed by atoms with E-state index in [2.05, 4.69) is 31.7 Å². The zero-order chi connectivity index (χ0) is 15.7. The molecule has 1 aromatic carbocycles. The quantitative estimate of drug-likeness (QED) is 0.639. The van der Waals surface area contributed by atoms with Crippen LogP contribution in [-0.4, -0.2) is 23.8 Å². The summed E-state index contributed by atoms with van der Waals surface area (Å²) in [6.07, 6.45) is 3.03. The third-order valence-corrected chi connectivity index (χ3v) is 6.40. The maximum atomic E-state index is 12.6. The van der Waals surface area contributed by atoms with Crippen LogP contribution in [-0.2, 0) is 9.53 Å². The van der Waals surface area contributed by atoms with E-state index in [1.807, 2.05) is 0 Å². The third-order valence-electron chi connectivity index (χ3n) is 6.40. The van der Waals surface area contributed by atoms with Gasteiger partial charge in [-0.3, -0.25) is 4.79 Å². The van der Waals surface area contributed by atoms with Crippen LogP contribution in [0.25, 0.3) is 0 Å². The van der Waals surface area contributed by atoms with Gasteiger partial charge in [-0.15, -0.1) is 0 Å². The molecule has 0 amide bonds. The van der Waals surface area contributed by atoms with Crippen LogP contribution < -0.4 is 0 Å². The number of aliphatic hydroxyl groups is 1. The maximum absolute atomic E-state index is 12.6. The van der Waals surface area contributed by atoms with Gasteiger partial charge in [0.15, 0.2) is 0 Å². The molecule has 0 radical (unpaired) electrons. The average Bonchev–Trinajstić information content (AvgIpc) is 2.87. The normalized spacial score (nSPS) is 38.6. The van der Waals surface area contributed by atoms with Crippen molar-refractivity contribution in [3.8, 4) is 0 Å². The van der Waals surface area contributed by atoms with Crippen molar-refractivity contribution in [2.75, 3.05) is 7.11 Å². The fourth-order valence-electron chi connectivity index (χ4n) is 5.51. The molecule has 0 aliphatic heterocycles. The Morgan fingerprint density at radius 2 is 2.23 bits per heavy atom. The molecule has 1 aromatic rings. The van der Waals surface area contributed by atoms with Crippen LogP contribution in [0.4, 0.5) is 0 Å². The van der Waals surface area contributed by atoms with Crippen molar-refractivity contribution < 1.29 is 14.6 Å². The molecule has 1 spiro atoms. The van der Waals surface area contributed by atoms with Gasteiger partial charge in [-0.2, -0.15) is 0 Å². The smallest absolute Gasteiger partial charge is 0.313 e. The van der Waals surface area contributed by atoms with Crippen LogP contribution in [0.15, 0.2) is 30.4 Å². The standard InChI is InChI=1S/C19H22O3/c1-11-5-4-6-13-14-7-8-19(21)10-18(14,9-12(19)2)16(15(11)13)17(20)22-3/h4-6,14,16,21H,2,7-10H2,1,3H3/t14-,16-,18+,19+/m1/s1. The van der Waals surface area contributed by atoms with E-state index in [0.29, 0.717) is 12.3 Å². The van der Waals surface area contributed by atoms with Crippen molar-refractivity contribution in [1.82, 2.24) is 0 Å². The van der Waals surface area contributed by atoms with Crippen LogP contribution >= 0.6 is 0 Å². The van der Waals surface area contributed by atoms with Crippen LogP contribution in [0, 0.1) is 12.3 Å². The van der Waals surface area contributed by atoms with E-state index in [0.717, 1.165) is 36.0 Å². The second-order valence-corrected chi connectivity index (χ2v) is 7.35. The van der Waals surface area contributed by atoms with Crippen molar-refractivity contribution in [2.45, 2.75) is 50.0 Å². The average molecular weight is 298 g/mol. The van der Waals surface area contributed by atoms with Gasteiger partial charge in [-0.1, -0.05) is 24.8 Å². The minimum atomic E-state index is -0.793. The summed E-state index contributed by atoms with van der Waals surface area (Å²) in [6.45, 7) is 6.19. The summed E-state index contributed by atoms with van der Waals surface area (Å²) < 4.78 is 5.16. The zero-order valence-electron chi connectivity index (χ0n) is 13.2. The highest BCUT2D eigenvalue weighted by Crippen LogP contribution is 2.71. The van der Waals surface area contributed by atoms with E-state index in [9.17, 15) is 9.90 Å². The summed E-state index contributed by atoms with van der Waals surface area (Å²) in [4.78, 5) is 12.6. The molecule has 4 rings (SSSR count). The second-order valence-electron chi connectivity index (χ2n) is 7.35. The molecule has 3 heteroatoms. The molecule has 0 unspecified atom stereocenters. The number of fused-ring (bicyclic) bond motifs is 3. The van der Waals surface area contributed by atoms with Crippen molar-refractivity contribution in [3.05, 3.63) is 47.0 Å². The summed E-state index contributed by atoms with van der Waals surface area (Å²) >= 11 is 0. The number of aryl methyl sites for hydroxylation is 1. The molecule has 3 nitrogen and oxygen atoms in total. The summed E-state index contributed by atoms with van der Waals surface area (Å²) in [5.74, 6) is -0.118. The molecule has 116 valence electrons. The van der Waals surface area contributed by atoms with Crippen molar-refractivity contribution in [1.29, 1.82) is 0 Å². The van der Waals surface area contributed by atoms with Crippen molar-refractivity contribution in [2.24, 2.45) is 5.41 Å². The highest BCUT2D eigenvalue weighted by Gasteiger charge is 2.66. The van der Waals surface area contributed by atoms with Gasteiger partial charge in [-0.25, -0.2) is 0 Å². The molecule has 0 heterocycles. The van der Waals surface area contributed by atoms with Gasteiger partial charge in [0.05, 0.1) is 18.6 Å². The monoisotopic (exact) mass is 298 g/mol. The number of hydrogen-bond donors (Lipinski definition) is 1. The molecule has 2 bridgehead atoms. The Labute approximate surface area is 131 Å². The van der Waals surface area contributed by atoms with E-state index in [1.165, 1.54) is 12.7 Å². The Morgan fingerprint density at radius 1 is 1.45 bits per heavy atom. The van der Waals surface area contributed by atoms with Gasteiger partial charge < -0.3 is 9.84 Å². The number of benzene rings is 1. The lowest BCUT2D eigenvalue weighted by Crippen LogP contribution is -2.40.